The number of nitrogens with zero attached hydrogens (tertiary/aromatic N) is 2. The van der Waals surface area contributed by atoms with Crippen molar-refractivity contribution < 1.29 is 0 Å². The maximum Gasteiger partial charge on any atom is 0.0540 e. The molecule has 0 radical (unpaired) electrons. The minimum atomic E-state index is 1.09. The van der Waals surface area contributed by atoms with Crippen LogP contribution in [0.2, 0.25) is 0 Å². The summed E-state index contributed by atoms with van der Waals surface area (Å²) in [5, 5.41) is 2.43. The molecule has 8 aromatic rings. The molecule has 0 bridgehead atoms. The van der Waals surface area contributed by atoms with Crippen molar-refractivity contribution in [2.75, 3.05) is 9.80 Å². The lowest BCUT2D eigenvalue weighted by molar-refractivity contribution is 1.26. The minimum absolute atomic E-state index is 1.09. The maximum atomic E-state index is 2.35. The molecular formula is C46H34N2. The molecule has 2 heteroatoms. The van der Waals surface area contributed by atoms with E-state index in [0.717, 1.165) is 34.1 Å². The second-order valence-electron chi connectivity index (χ2n) is 11.8. The summed E-state index contributed by atoms with van der Waals surface area (Å²) in [7, 11) is 0. The quantitative estimate of drug-likeness (QED) is 0.168. The Labute approximate surface area is 282 Å². The third kappa shape index (κ3) is 5.84. The average molecular weight is 615 g/mol. The van der Waals surface area contributed by atoms with Crippen LogP contribution in [0.3, 0.4) is 0 Å². The Hall–Kier alpha value is -6.38. The molecule has 0 aromatic heterocycles. The standard InChI is InChI=1S/C46H34N2/c1-4-13-35(14-5-1)37-23-27-41(28-24-37)47(42-29-25-38(26-30-42)36-15-6-2-7-16-36)43-31-33-44(34-32-43)48(40-19-8-3-9-20-40)46-22-12-18-39-17-10-11-21-45(39)46/h1-34H. The summed E-state index contributed by atoms with van der Waals surface area (Å²) in [6, 6.07) is 73.4. The third-order valence-corrected chi connectivity index (χ3v) is 8.85. The summed E-state index contributed by atoms with van der Waals surface area (Å²) in [6.07, 6.45) is 0. The zero-order valence-corrected chi connectivity index (χ0v) is 26.5. The van der Waals surface area contributed by atoms with Crippen LogP contribution in [0.25, 0.3) is 33.0 Å². The van der Waals surface area contributed by atoms with Crippen LogP contribution in [0, 0.1) is 0 Å². The lowest BCUT2D eigenvalue weighted by atomic mass is 10.0. The molecule has 2 nitrogen and oxygen atoms in total. The van der Waals surface area contributed by atoms with Crippen molar-refractivity contribution in [3.63, 3.8) is 0 Å². The highest BCUT2D eigenvalue weighted by atomic mass is 15.2. The van der Waals surface area contributed by atoms with E-state index < -0.39 is 0 Å². The number of rotatable bonds is 8. The summed E-state index contributed by atoms with van der Waals surface area (Å²) in [5.41, 5.74) is 11.5. The van der Waals surface area contributed by atoms with E-state index in [0.29, 0.717) is 0 Å². The van der Waals surface area contributed by atoms with E-state index in [2.05, 4.69) is 216 Å². The second kappa shape index (κ2) is 13.2. The van der Waals surface area contributed by atoms with Crippen molar-refractivity contribution >= 4 is 44.9 Å². The van der Waals surface area contributed by atoms with Gasteiger partial charge in [-0.2, -0.15) is 0 Å². The summed E-state index contributed by atoms with van der Waals surface area (Å²) < 4.78 is 0. The molecular weight excluding hydrogens is 581 g/mol. The Kier molecular flexibility index (Phi) is 7.96. The Balaban J connectivity index is 1.21. The summed E-state index contributed by atoms with van der Waals surface area (Å²) in [6.45, 7) is 0. The Morgan fingerprint density at radius 2 is 0.583 bits per heavy atom. The zero-order chi connectivity index (χ0) is 32.1. The van der Waals surface area contributed by atoms with E-state index in [9.17, 15) is 0 Å². The van der Waals surface area contributed by atoms with Crippen LogP contribution < -0.4 is 9.80 Å². The van der Waals surface area contributed by atoms with Crippen LogP contribution in [0.5, 0.6) is 0 Å². The van der Waals surface area contributed by atoms with Crippen LogP contribution in [0.4, 0.5) is 34.1 Å². The maximum absolute atomic E-state index is 2.35. The molecule has 0 spiro atoms. The van der Waals surface area contributed by atoms with Gasteiger partial charge in [-0.15, -0.1) is 0 Å². The minimum Gasteiger partial charge on any atom is -0.311 e. The predicted octanol–water partition coefficient (Wildman–Crippen LogP) is 13.1. The summed E-state index contributed by atoms with van der Waals surface area (Å²) >= 11 is 0. The van der Waals surface area contributed by atoms with E-state index in [1.165, 1.54) is 33.0 Å². The number of hydrogen-bond acceptors (Lipinski definition) is 2. The SMILES string of the molecule is c1ccc(-c2ccc(N(c3ccc(-c4ccccc4)cc3)c3ccc(N(c4ccccc4)c4cccc5ccccc45)cc3)cc2)cc1. The Bertz CT molecular complexity index is 2160. The van der Waals surface area contributed by atoms with Gasteiger partial charge in [-0.1, -0.05) is 140 Å². The fraction of sp³-hybridized carbons (Fsp3) is 0. The van der Waals surface area contributed by atoms with Crippen molar-refractivity contribution in [2.24, 2.45) is 0 Å². The first kappa shape index (κ1) is 29.1. The molecule has 0 atom stereocenters. The van der Waals surface area contributed by atoms with Gasteiger partial charge in [0.1, 0.15) is 0 Å². The number of anilines is 6. The van der Waals surface area contributed by atoms with Gasteiger partial charge in [-0.3, -0.25) is 0 Å². The van der Waals surface area contributed by atoms with Crippen molar-refractivity contribution in [1.29, 1.82) is 0 Å². The predicted molar refractivity (Wildman–Crippen MR) is 204 cm³/mol. The van der Waals surface area contributed by atoms with E-state index in [4.69, 9.17) is 0 Å². The van der Waals surface area contributed by atoms with Gasteiger partial charge in [-0.25, -0.2) is 0 Å². The van der Waals surface area contributed by atoms with Gasteiger partial charge in [0.25, 0.3) is 0 Å². The van der Waals surface area contributed by atoms with Gasteiger partial charge in [0.15, 0.2) is 0 Å². The van der Waals surface area contributed by atoms with Gasteiger partial charge < -0.3 is 9.80 Å². The van der Waals surface area contributed by atoms with Gasteiger partial charge >= 0.3 is 0 Å². The monoisotopic (exact) mass is 614 g/mol. The van der Waals surface area contributed by atoms with Gasteiger partial charge in [0, 0.05) is 33.8 Å². The van der Waals surface area contributed by atoms with Crippen molar-refractivity contribution in [1.82, 2.24) is 0 Å². The van der Waals surface area contributed by atoms with Crippen LogP contribution in [-0.2, 0) is 0 Å². The molecule has 8 aromatic carbocycles. The molecule has 48 heavy (non-hydrogen) atoms. The van der Waals surface area contributed by atoms with E-state index >= 15 is 0 Å². The lowest BCUT2D eigenvalue weighted by Crippen LogP contribution is -2.12. The molecule has 0 amide bonds. The second-order valence-corrected chi connectivity index (χ2v) is 11.8. The van der Waals surface area contributed by atoms with Crippen LogP contribution in [0.1, 0.15) is 0 Å². The van der Waals surface area contributed by atoms with Crippen LogP contribution in [-0.4, -0.2) is 0 Å². The van der Waals surface area contributed by atoms with E-state index in [1.807, 2.05) is 0 Å². The molecule has 0 aliphatic heterocycles. The molecule has 228 valence electrons. The number of hydrogen-bond donors (Lipinski definition) is 0. The molecule has 0 aliphatic carbocycles. The molecule has 0 fully saturated rings. The Morgan fingerprint density at radius 3 is 1.10 bits per heavy atom. The molecule has 0 saturated carbocycles. The normalized spacial score (nSPS) is 10.9. The molecule has 8 rings (SSSR count). The van der Waals surface area contributed by atoms with Crippen molar-refractivity contribution in [2.45, 2.75) is 0 Å². The van der Waals surface area contributed by atoms with Gasteiger partial charge in [0.2, 0.25) is 0 Å². The lowest BCUT2D eigenvalue weighted by Gasteiger charge is -2.29. The molecule has 0 aliphatic rings. The van der Waals surface area contributed by atoms with Gasteiger partial charge in [-0.05, 0) is 94.4 Å². The van der Waals surface area contributed by atoms with E-state index in [-0.39, 0.29) is 0 Å². The zero-order valence-electron chi connectivity index (χ0n) is 26.5. The molecule has 0 unspecified atom stereocenters. The summed E-state index contributed by atoms with van der Waals surface area (Å²) in [5.74, 6) is 0. The van der Waals surface area contributed by atoms with Crippen LogP contribution >= 0.6 is 0 Å². The van der Waals surface area contributed by atoms with Crippen LogP contribution in [0.15, 0.2) is 206 Å². The first-order chi connectivity index (χ1) is 23.8. The molecule has 0 N–H and O–H groups in total. The molecule has 0 saturated heterocycles. The Morgan fingerprint density at radius 1 is 0.229 bits per heavy atom. The topological polar surface area (TPSA) is 6.48 Å². The highest BCUT2D eigenvalue weighted by molar-refractivity contribution is 5.99. The summed E-state index contributed by atoms with van der Waals surface area (Å²) in [4.78, 5) is 4.68. The number of fused-ring (bicyclic) bond motifs is 1. The average Bonchev–Trinajstić information content (AvgIpc) is 3.17. The van der Waals surface area contributed by atoms with E-state index in [1.54, 1.807) is 0 Å². The smallest absolute Gasteiger partial charge is 0.0540 e. The highest BCUT2D eigenvalue weighted by Gasteiger charge is 2.17. The first-order valence-corrected chi connectivity index (χ1v) is 16.4. The van der Waals surface area contributed by atoms with Crippen molar-refractivity contribution in [3.05, 3.63) is 206 Å². The number of para-hydroxylation sites is 1. The third-order valence-electron chi connectivity index (χ3n) is 8.85. The first-order valence-electron chi connectivity index (χ1n) is 16.4. The number of benzene rings is 8. The molecule has 0 heterocycles. The highest BCUT2D eigenvalue weighted by Crippen LogP contribution is 2.41. The van der Waals surface area contributed by atoms with Gasteiger partial charge in [0.05, 0.1) is 5.69 Å². The largest absolute Gasteiger partial charge is 0.311 e. The fourth-order valence-corrected chi connectivity index (χ4v) is 6.47. The fourth-order valence-electron chi connectivity index (χ4n) is 6.47. The van der Waals surface area contributed by atoms with Crippen molar-refractivity contribution in [3.8, 4) is 22.3 Å².